The second-order valence-electron chi connectivity index (χ2n) is 2.32. The summed E-state index contributed by atoms with van der Waals surface area (Å²) in [5, 5.41) is 8.79. The van der Waals surface area contributed by atoms with Gasteiger partial charge in [-0.3, -0.25) is 0 Å². The molecule has 0 atom stereocenters. The Morgan fingerprint density at radius 3 is 2.91 bits per heavy atom. The molecule has 0 heterocycles. The van der Waals surface area contributed by atoms with E-state index in [1.165, 1.54) is 0 Å². The van der Waals surface area contributed by atoms with Crippen LogP contribution in [0.3, 0.4) is 0 Å². The predicted octanol–water partition coefficient (Wildman–Crippen LogP) is 1.40. The minimum atomic E-state index is 0.0985. The first-order valence-corrected chi connectivity index (χ1v) is 3.59. The number of ether oxygens (including phenoxy) is 1. The Morgan fingerprint density at radius 2 is 2.27 bits per heavy atom. The van der Waals surface area contributed by atoms with Crippen molar-refractivity contribution in [1.29, 1.82) is 0 Å². The first-order valence-electron chi connectivity index (χ1n) is 3.59. The van der Waals surface area contributed by atoms with E-state index in [1.807, 2.05) is 24.3 Å². The maximum Gasteiger partial charge on any atom is 0.115 e. The highest BCUT2D eigenvalue weighted by molar-refractivity contribution is 5.29. The highest BCUT2D eigenvalue weighted by atomic mass is 16.5. The first kappa shape index (κ1) is 8.08. The molecule has 1 aliphatic rings. The fourth-order valence-corrected chi connectivity index (χ4v) is 0.920. The molecule has 11 heavy (non-hydrogen) atoms. The van der Waals surface area contributed by atoms with Crippen molar-refractivity contribution in [3.8, 4) is 0 Å². The summed E-state index contributed by atoms with van der Waals surface area (Å²) in [7, 11) is 1.64. The third kappa shape index (κ3) is 2.24. The van der Waals surface area contributed by atoms with Gasteiger partial charge in [0.1, 0.15) is 5.76 Å². The van der Waals surface area contributed by atoms with Gasteiger partial charge < -0.3 is 9.84 Å². The summed E-state index contributed by atoms with van der Waals surface area (Å²) in [6.07, 6.45) is 8.49. The Morgan fingerprint density at radius 1 is 1.45 bits per heavy atom. The van der Waals surface area contributed by atoms with Crippen LogP contribution in [-0.2, 0) is 4.74 Å². The zero-order chi connectivity index (χ0) is 8.10. The minimum Gasteiger partial charge on any atom is -0.497 e. The van der Waals surface area contributed by atoms with Crippen LogP contribution >= 0.6 is 0 Å². The van der Waals surface area contributed by atoms with Gasteiger partial charge in [-0.1, -0.05) is 12.2 Å². The number of methoxy groups -OCH3 is 1. The Bertz CT molecular complexity index is 190. The third-order valence-corrected chi connectivity index (χ3v) is 1.58. The van der Waals surface area contributed by atoms with E-state index in [-0.39, 0.29) is 6.61 Å². The van der Waals surface area contributed by atoms with Gasteiger partial charge in [-0.2, -0.15) is 0 Å². The van der Waals surface area contributed by atoms with E-state index in [4.69, 9.17) is 9.84 Å². The van der Waals surface area contributed by atoms with Gasteiger partial charge in [-0.05, 0) is 24.1 Å². The lowest BCUT2D eigenvalue weighted by Gasteiger charge is -1.95. The van der Waals surface area contributed by atoms with Gasteiger partial charge in [-0.15, -0.1) is 0 Å². The van der Waals surface area contributed by atoms with E-state index in [0.717, 1.165) is 17.8 Å². The van der Waals surface area contributed by atoms with Crippen LogP contribution in [0.4, 0.5) is 0 Å². The van der Waals surface area contributed by atoms with Crippen LogP contribution in [0.1, 0.15) is 6.42 Å². The fraction of sp³-hybridized carbons (Fsp3) is 0.333. The minimum absolute atomic E-state index is 0.0985. The molecule has 2 nitrogen and oxygen atoms in total. The highest BCUT2D eigenvalue weighted by Crippen LogP contribution is 2.09. The van der Waals surface area contributed by atoms with Crippen molar-refractivity contribution >= 4 is 0 Å². The quantitative estimate of drug-likeness (QED) is 0.648. The van der Waals surface area contributed by atoms with E-state index in [1.54, 1.807) is 7.11 Å². The van der Waals surface area contributed by atoms with Gasteiger partial charge in [0, 0.05) is 0 Å². The van der Waals surface area contributed by atoms with Gasteiger partial charge in [0.25, 0.3) is 0 Å². The van der Waals surface area contributed by atoms with Crippen molar-refractivity contribution in [3.05, 3.63) is 35.6 Å². The molecule has 60 valence electrons. The summed E-state index contributed by atoms with van der Waals surface area (Å²) in [5.41, 5.74) is 0.938. The van der Waals surface area contributed by atoms with Crippen LogP contribution in [0.15, 0.2) is 35.6 Å². The number of allylic oxidation sites excluding steroid dienone is 3. The molecule has 0 saturated heterocycles. The number of aliphatic hydroxyl groups excluding tert-OH is 1. The molecule has 0 amide bonds. The molecular formula is C9H12O2. The monoisotopic (exact) mass is 152 g/mol. The van der Waals surface area contributed by atoms with Crippen LogP contribution < -0.4 is 0 Å². The molecule has 1 aliphatic carbocycles. The van der Waals surface area contributed by atoms with Crippen molar-refractivity contribution in [2.45, 2.75) is 6.42 Å². The van der Waals surface area contributed by atoms with Crippen LogP contribution in [-0.4, -0.2) is 18.8 Å². The summed E-state index contributed by atoms with van der Waals surface area (Å²) in [5.74, 6) is 0.852. The van der Waals surface area contributed by atoms with Gasteiger partial charge in [0.15, 0.2) is 0 Å². The molecule has 0 aliphatic heterocycles. The molecule has 2 heteroatoms. The van der Waals surface area contributed by atoms with Crippen molar-refractivity contribution in [1.82, 2.24) is 0 Å². The number of aliphatic hydroxyl groups is 1. The molecule has 0 spiro atoms. The third-order valence-electron chi connectivity index (χ3n) is 1.58. The lowest BCUT2D eigenvalue weighted by molar-refractivity contribution is 0.305. The first-order chi connectivity index (χ1) is 5.36. The second-order valence-corrected chi connectivity index (χ2v) is 2.32. The zero-order valence-corrected chi connectivity index (χ0v) is 6.58. The van der Waals surface area contributed by atoms with E-state index in [2.05, 4.69) is 0 Å². The van der Waals surface area contributed by atoms with Crippen molar-refractivity contribution in [2.75, 3.05) is 13.7 Å². The maximum absolute atomic E-state index is 8.79. The summed E-state index contributed by atoms with van der Waals surface area (Å²) in [6.45, 7) is 0.0985. The molecule has 0 fully saturated rings. The SMILES string of the molecule is COC1=CCC=C(CO)C=C1. The molecule has 0 bridgehead atoms. The summed E-state index contributed by atoms with van der Waals surface area (Å²) >= 11 is 0. The second kappa shape index (κ2) is 3.98. The van der Waals surface area contributed by atoms with E-state index in [9.17, 15) is 0 Å². The molecule has 0 aromatic rings. The van der Waals surface area contributed by atoms with E-state index < -0.39 is 0 Å². The average molecular weight is 152 g/mol. The molecule has 1 N–H and O–H groups in total. The largest absolute Gasteiger partial charge is 0.497 e. The van der Waals surface area contributed by atoms with Crippen molar-refractivity contribution in [2.24, 2.45) is 0 Å². The standard InChI is InChI=1S/C9H12O2/c1-11-9-4-2-3-8(7-10)5-6-9/h3-6,10H,2,7H2,1H3. The molecular weight excluding hydrogens is 140 g/mol. The van der Waals surface area contributed by atoms with E-state index >= 15 is 0 Å². The smallest absolute Gasteiger partial charge is 0.115 e. The molecule has 0 aromatic heterocycles. The average Bonchev–Trinajstić information content (AvgIpc) is 2.28. The molecule has 0 unspecified atom stereocenters. The summed E-state index contributed by atoms with van der Waals surface area (Å²) in [6, 6.07) is 0. The summed E-state index contributed by atoms with van der Waals surface area (Å²) < 4.78 is 5.02. The Balaban J connectivity index is 2.66. The van der Waals surface area contributed by atoms with Gasteiger partial charge >= 0.3 is 0 Å². The van der Waals surface area contributed by atoms with Crippen LogP contribution in [0, 0.1) is 0 Å². The molecule has 0 aromatic carbocycles. The topological polar surface area (TPSA) is 29.5 Å². The predicted molar refractivity (Wildman–Crippen MR) is 44.0 cm³/mol. The van der Waals surface area contributed by atoms with Crippen LogP contribution in [0.2, 0.25) is 0 Å². The molecule has 0 radical (unpaired) electrons. The zero-order valence-electron chi connectivity index (χ0n) is 6.58. The van der Waals surface area contributed by atoms with E-state index in [0.29, 0.717) is 0 Å². The summed E-state index contributed by atoms with van der Waals surface area (Å²) in [4.78, 5) is 0. The van der Waals surface area contributed by atoms with Gasteiger partial charge in [0.2, 0.25) is 0 Å². The fourth-order valence-electron chi connectivity index (χ4n) is 0.920. The highest BCUT2D eigenvalue weighted by Gasteiger charge is 1.95. The van der Waals surface area contributed by atoms with Crippen molar-refractivity contribution < 1.29 is 9.84 Å². The Kier molecular flexibility index (Phi) is 2.93. The Hall–Kier alpha value is -1.02. The normalized spacial score (nSPS) is 16.9. The number of rotatable bonds is 2. The lowest BCUT2D eigenvalue weighted by atomic mass is 10.2. The Labute approximate surface area is 66.5 Å². The van der Waals surface area contributed by atoms with Crippen LogP contribution in [0.25, 0.3) is 0 Å². The molecule has 1 rings (SSSR count). The van der Waals surface area contributed by atoms with Gasteiger partial charge in [-0.25, -0.2) is 0 Å². The van der Waals surface area contributed by atoms with Crippen molar-refractivity contribution in [3.63, 3.8) is 0 Å². The number of hydrogen-bond donors (Lipinski definition) is 1. The van der Waals surface area contributed by atoms with Crippen LogP contribution in [0.5, 0.6) is 0 Å². The maximum atomic E-state index is 8.79. The number of hydrogen-bond acceptors (Lipinski definition) is 2. The molecule has 0 saturated carbocycles. The van der Waals surface area contributed by atoms with Gasteiger partial charge in [0.05, 0.1) is 13.7 Å². The lowest BCUT2D eigenvalue weighted by Crippen LogP contribution is -1.84.